The number of alkyl halides is 3. The number of ether oxygens (including phenoxy) is 2. The molecule has 0 saturated carbocycles. The number of hydrogen-bond donors (Lipinski definition) is 0. The zero-order chi connectivity index (χ0) is 22.1. The quantitative estimate of drug-likeness (QED) is 0.310. The Bertz CT molecular complexity index is 1110. The van der Waals surface area contributed by atoms with Crippen molar-refractivity contribution in [2.24, 2.45) is 0 Å². The van der Waals surface area contributed by atoms with E-state index >= 15 is 0 Å². The Morgan fingerprint density at radius 3 is 2.56 bits per heavy atom. The molecule has 0 unspecified atom stereocenters. The van der Waals surface area contributed by atoms with Crippen molar-refractivity contribution in [1.29, 1.82) is 0 Å². The van der Waals surface area contributed by atoms with Gasteiger partial charge in [-0.15, -0.1) is 11.3 Å². The molecule has 0 spiro atoms. The van der Waals surface area contributed by atoms with Crippen molar-refractivity contribution in [1.82, 2.24) is 4.90 Å². The van der Waals surface area contributed by atoms with Crippen LogP contribution in [0.4, 0.5) is 13.2 Å². The van der Waals surface area contributed by atoms with E-state index in [2.05, 4.69) is 11.0 Å². The molecule has 0 aliphatic carbocycles. The number of hydrogen-bond acceptors (Lipinski definition) is 5. The molecule has 1 saturated heterocycles. The largest absolute Gasteiger partial charge is 0.416 e. The van der Waals surface area contributed by atoms with Crippen LogP contribution >= 0.6 is 23.1 Å². The molecule has 32 heavy (non-hydrogen) atoms. The second kappa shape index (κ2) is 9.19. The van der Waals surface area contributed by atoms with E-state index in [0.29, 0.717) is 18.1 Å². The van der Waals surface area contributed by atoms with Crippen LogP contribution in [0.1, 0.15) is 10.4 Å². The molecule has 0 N–H and O–H groups in total. The molecule has 168 valence electrons. The molecule has 0 bridgehead atoms. The molecule has 2 aliphatic heterocycles. The third-order valence-electron chi connectivity index (χ3n) is 5.63. The van der Waals surface area contributed by atoms with E-state index in [1.165, 1.54) is 23.9 Å². The predicted octanol–water partition coefficient (Wildman–Crippen LogP) is 6.41. The van der Waals surface area contributed by atoms with Crippen LogP contribution in [0.3, 0.4) is 0 Å². The van der Waals surface area contributed by atoms with Crippen LogP contribution in [-0.4, -0.2) is 44.4 Å². The average Bonchev–Trinajstić information content (AvgIpc) is 3.16. The van der Waals surface area contributed by atoms with Gasteiger partial charge in [-0.05, 0) is 29.8 Å². The minimum Gasteiger partial charge on any atom is -0.379 e. The zero-order valence-electron chi connectivity index (χ0n) is 17.3. The van der Waals surface area contributed by atoms with E-state index in [-0.39, 0.29) is 0 Å². The maximum absolute atomic E-state index is 13.3. The Balaban J connectivity index is 1.41. The van der Waals surface area contributed by atoms with Crippen LogP contribution in [0.15, 0.2) is 58.3 Å². The van der Waals surface area contributed by atoms with Crippen LogP contribution in [0, 0.1) is 0 Å². The van der Waals surface area contributed by atoms with Gasteiger partial charge in [-0.2, -0.15) is 13.2 Å². The lowest BCUT2D eigenvalue weighted by atomic mass is 10.0. The first kappa shape index (κ1) is 22.0. The van der Waals surface area contributed by atoms with Gasteiger partial charge in [-0.3, -0.25) is 4.90 Å². The highest BCUT2D eigenvalue weighted by Gasteiger charge is 2.32. The maximum atomic E-state index is 13.3. The van der Waals surface area contributed by atoms with Gasteiger partial charge in [0.2, 0.25) is 0 Å². The molecule has 5 rings (SSSR count). The van der Waals surface area contributed by atoms with Crippen molar-refractivity contribution in [2.45, 2.75) is 22.6 Å². The molecule has 1 fully saturated rings. The van der Waals surface area contributed by atoms with Gasteiger partial charge >= 0.3 is 6.18 Å². The first-order valence-electron chi connectivity index (χ1n) is 10.5. The van der Waals surface area contributed by atoms with E-state index < -0.39 is 11.7 Å². The second-order valence-electron chi connectivity index (χ2n) is 7.77. The summed E-state index contributed by atoms with van der Waals surface area (Å²) in [5.74, 6) is 0. The SMILES string of the molecule is FC(F)(F)c1ccc2c(c1)Sc1ccccc1-c1cc(COCCN3CCOCC3)sc1-2. The topological polar surface area (TPSA) is 21.7 Å². The predicted molar refractivity (Wildman–Crippen MR) is 121 cm³/mol. The summed E-state index contributed by atoms with van der Waals surface area (Å²) >= 11 is 3.00. The summed E-state index contributed by atoms with van der Waals surface area (Å²) < 4.78 is 51.3. The lowest BCUT2D eigenvalue weighted by molar-refractivity contribution is -0.137. The first-order valence-corrected chi connectivity index (χ1v) is 12.1. The monoisotopic (exact) mass is 477 g/mol. The van der Waals surface area contributed by atoms with Crippen LogP contribution in [0.5, 0.6) is 0 Å². The van der Waals surface area contributed by atoms with Crippen molar-refractivity contribution in [2.75, 3.05) is 39.5 Å². The molecule has 3 nitrogen and oxygen atoms in total. The Hall–Kier alpha value is -1.84. The van der Waals surface area contributed by atoms with E-state index in [0.717, 1.165) is 64.2 Å². The number of fused-ring (bicyclic) bond motifs is 5. The highest BCUT2D eigenvalue weighted by molar-refractivity contribution is 7.99. The van der Waals surface area contributed by atoms with E-state index in [9.17, 15) is 13.2 Å². The van der Waals surface area contributed by atoms with E-state index in [4.69, 9.17) is 9.47 Å². The Morgan fingerprint density at radius 1 is 0.938 bits per heavy atom. The molecule has 3 aromatic rings. The number of benzene rings is 2. The van der Waals surface area contributed by atoms with Gasteiger partial charge in [0.05, 0.1) is 32.0 Å². The molecule has 3 heterocycles. The highest BCUT2D eigenvalue weighted by Crippen LogP contribution is 2.51. The lowest BCUT2D eigenvalue weighted by Gasteiger charge is -2.26. The van der Waals surface area contributed by atoms with Crippen LogP contribution in [-0.2, 0) is 22.3 Å². The van der Waals surface area contributed by atoms with Crippen molar-refractivity contribution in [3.05, 3.63) is 59.0 Å². The Morgan fingerprint density at radius 2 is 1.75 bits per heavy atom. The van der Waals surface area contributed by atoms with Gasteiger partial charge < -0.3 is 9.47 Å². The molecule has 0 radical (unpaired) electrons. The molecule has 8 heteroatoms. The number of nitrogens with zero attached hydrogens (tertiary/aromatic N) is 1. The van der Waals surface area contributed by atoms with Crippen molar-refractivity contribution < 1.29 is 22.6 Å². The Kier molecular flexibility index (Phi) is 6.31. The molecule has 2 aliphatic rings. The molecule has 1 aromatic heterocycles. The summed E-state index contributed by atoms with van der Waals surface area (Å²) in [5.41, 5.74) is 2.34. The third-order valence-corrected chi connectivity index (χ3v) is 7.91. The number of rotatable bonds is 5. The van der Waals surface area contributed by atoms with Crippen LogP contribution in [0.25, 0.3) is 21.6 Å². The van der Waals surface area contributed by atoms with Crippen molar-refractivity contribution in [3.8, 4) is 21.6 Å². The van der Waals surface area contributed by atoms with Gasteiger partial charge in [-0.1, -0.05) is 36.0 Å². The minimum absolute atomic E-state index is 0.493. The Labute approximate surface area is 193 Å². The van der Waals surface area contributed by atoms with Gasteiger partial charge in [0.1, 0.15) is 0 Å². The van der Waals surface area contributed by atoms with Gasteiger partial charge in [-0.25, -0.2) is 0 Å². The summed E-state index contributed by atoms with van der Waals surface area (Å²) in [6.45, 7) is 5.41. The standard InChI is InChI=1S/C24H22F3NO2S2/c25-24(26,27)16-5-6-19-22(13-16)32-21-4-2-1-3-18(21)20-14-17(31-23(19)20)15-30-12-9-28-7-10-29-11-8-28/h1-6,13-14H,7-12,15H2. The van der Waals surface area contributed by atoms with Crippen molar-refractivity contribution in [3.63, 3.8) is 0 Å². The lowest BCUT2D eigenvalue weighted by Crippen LogP contribution is -2.38. The number of thiophene rings is 1. The summed E-state index contributed by atoms with van der Waals surface area (Å²) in [6.07, 6.45) is -4.36. The van der Waals surface area contributed by atoms with Crippen LogP contribution in [0.2, 0.25) is 0 Å². The summed E-state index contributed by atoms with van der Waals surface area (Å²) in [4.78, 5) is 5.99. The van der Waals surface area contributed by atoms with Crippen LogP contribution < -0.4 is 0 Å². The first-order chi connectivity index (χ1) is 15.5. The van der Waals surface area contributed by atoms with Crippen molar-refractivity contribution >= 4 is 23.1 Å². The summed E-state index contributed by atoms with van der Waals surface area (Å²) in [5, 5.41) is 0. The molecule has 0 amide bonds. The third kappa shape index (κ3) is 4.61. The summed E-state index contributed by atoms with van der Waals surface area (Å²) in [6, 6.07) is 14.1. The fourth-order valence-corrected chi connectivity index (χ4v) is 6.32. The average molecular weight is 478 g/mol. The molecule has 0 atom stereocenters. The molecule has 2 aromatic carbocycles. The summed E-state index contributed by atoms with van der Waals surface area (Å²) in [7, 11) is 0. The van der Waals surface area contributed by atoms with Gasteiger partial charge in [0.15, 0.2) is 0 Å². The van der Waals surface area contributed by atoms with E-state index in [1.54, 1.807) is 17.4 Å². The zero-order valence-corrected chi connectivity index (χ0v) is 18.9. The molecular formula is C24H22F3NO2S2. The number of morpholine rings is 1. The van der Waals surface area contributed by atoms with Gasteiger partial charge in [0.25, 0.3) is 0 Å². The smallest absolute Gasteiger partial charge is 0.379 e. The number of halogens is 3. The second-order valence-corrected chi connectivity index (χ2v) is 9.99. The fourth-order valence-electron chi connectivity index (χ4n) is 3.97. The normalized spacial score (nSPS) is 16.2. The van der Waals surface area contributed by atoms with Gasteiger partial charge in [0, 0.05) is 50.3 Å². The molecular weight excluding hydrogens is 455 g/mol. The highest BCUT2D eigenvalue weighted by atomic mass is 32.2. The maximum Gasteiger partial charge on any atom is 0.416 e. The van der Waals surface area contributed by atoms with E-state index in [1.807, 2.05) is 24.3 Å². The fraction of sp³-hybridized carbons (Fsp3) is 0.333. The minimum atomic E-state index is -4.36.